The average Bonchev–Trinajstić information content (AvgIpc) is 3.14. The van der Waals surface area contributed by atoms with Gasteiger partial charge in [0.15, 0.2) is 5.96 Å². The number of hydrogen-bond donors (Lipinski definition) is 2. The maximum Gasteiger partial charge on any atom is 0.191 e. The molecule has 0 heterocycles. The normalized spacial score (nSPS) is 21.4. The largest absolute Gasteiger partial charge is 0.356 e. The second-order valence-corrected chi connectivity index (χ2v) is 5.46. The van der Waals surface area contributed by atoms with Crippen LogP contribution in [0.15, 0.2) is 29.3 Å². The van der Waals surface area contributed by atoms with Crippen LogP contribution in [0.25, 0.3) is 0 Å². The van der Waals surface area contributed by atoms with Gasteiger partial charge in [0.1, 0.15) is 5.82 Å². The van der Waals surface area contributed by atoms with E-state index in [1.54, 1.807) is 13.1 Å². The first-order valence-electron chi connectivity index (χ1n) is 6.83. The fourth-order valence-electron chi connectivity index (χ4n) is 2.15. The van der Waals surface area contributed by atoms with Crippen molar-refractivity contribution in [2.24, 2.45) is 10.9 Å². The Morgan fingerprint density at radius 3 is 2.70 bits per heavy atom. The molecule has 2 rings (SSSR count). The molecule has 112 valence electrons. The van der Waals surface area contributed by atoms with Crippen LogP contribution in [0.3, 0.4) is 0 Å². The number of hydrogen-bond acceptors (Lipinski definition) is 1. The first-order chi connectivity index (χ1) is 9.11. The molecule has 0 aromatic heterocycles. The lowest BCUT2D eigenvalue weighted by molar-refractivity contribution is 0.604. The van der Waals surface area contributed by atoms with Crippen LogP contribution in [0, 0.1) is 11.7 Å². The molecule has 2 atom stereocenters. The first kappa shape index (κ1) is 17.2. The summed E-state index contributed by atoms with van der Waals surface area (Å²) >= 11 is 0. The van der Waals surface area contributed by atoms with Crippen LogP contribution >= 0.6 is 24.0 Å². The minimum atomic E-state index is -0.109. The van der Waals surface area contributed by atoms with Crippen molar-refractivity contribution in [2.45, 2.75) is 32.2 Å². The van der Waals surface area contributed by atoms with Crippen molar-refractivity contribution in [3.05, 3.63) is 35.6 Å². The van der Waals surface area contributed by atoms with E-state index in [2.05, 4.69) is 29.5 Å². The van der Waals surface area contributed by atoms with Gasteiger partial charge in [-0.2, -0.15) is 0 Å². The molecule has 1 saturated carbocycles. The minimum Gasteiger partial charge on any atom is -0.356 e. The van der Waals surface area contributed by atoms with E-state index in [0.29, 0.717) is 5.92 Å². The summed E-state index contributed by atoms with van der Waals surface area (Å²) in [6.07, 6.45) is 0.962. The lowest BCUT2D eigenvalue weighted by Crippen LogP contribution is -2.40. The molecular weight excluding hydrogens is 368 g/mol. The van der Waals surface area contributed by atoms with Crippen LogP contribution in [-0.2, 0) is 0 Å². The predicted octanol–water partition coefficient (Wildman–Crippen LogP) is 3.12. The van der Waals surface area contributed by atoms with Gasteiger partial charge in [-0.1, -0.05) is 32.0 Å². The van der Waals surface area contributed by atoms with Crippen LogP contribution in [-0.4, -0.2) is 25.6 Å². The molecule has 1 aromatic rings. The van der Waals surface area contributed by atoms with Crippen LogP contribution in [0.2, 0.25) is 0 Å². The Hall–Kier alpha value is -0.850. The number of rotatable bonds is 4. The molecule has 0 aliphatic heterocycles. The fourth-order valence-corrected chi connectivity index (χ4v) is 2.15. The van der Waals surface area contributed by atoms with E-state index >= 15 is 0 Å². The van der Waals surface area contributed by atoms with Gasteiger partial charge < -0.3 is 10.6 Å². The third-order valence-electron chi connectivity index (χ3n) is 3.32. The molecule has 1 aliphatic carbocycles. The Kier molecular flexibility index (Phi) is 6.71. The van der Waals surface area contributed by atoms with E-state index in [4.69, 9.17) is 0 Å². The molecule has 2 unspecified atom stereocenters. The topological polar surface area (TPSA) is 36.4 Å². The summed E-state index contributed by atoms with van der Waals surface area (Å²) in [4.78, 5) is 4.19. The van der Waals surface area contributed by atoms with Crippen molar-refractivity contribution in [2.75, 3.05) is 13.6 Å². The Morgan fingerprint density at radius 1 is 1.40 bits per heavy atom. The molecule has 0 spiro atoms. The summed E-state index contributed by atoms with van der Waals surface area (Å²) < 4.78 is 13.7. The highest BCUT2D eigenvalue weighted by atomic mass is 127. The molecule has 1 aromatic carbocycles. The zero-order valence-electron chi connectivity index (χ0n) is 12.2. The van der Waals surface area contributed by atoms with E-state index in [1.807, 2.05) is 12.1 Å². The summed E-state index contributed by atoms with van der Waals surface area (Å²) in [5, 5.41) is 6.62. The van der Waals surface area contributed by atoms with Gasteiger partial charge in [-0.25, -0.2) is 4.39 Å². The molecule has 0 bridgehead atoms. The molecule has 0 amide bonds. The number of halogens is 2. The van der Waals surface area contributed by atoms with Gasteiger partial charge in [-0.15, -0.1) is 24.0 Å². The summed E-state index contributed by atoms with van der Waals surface area (Å²) in [7, 11) is 1.76. The molecule has 20 heavy (non-hydrogen) atoms. The molecule has 0 radical (unpaired) electrons. The van der Waals surface area contributed by atoms with Gasteiger partial charge in [-0.3, -0.25) is 4.99 Å². The number of benzene rings is 1. The number of nitrogens with one attached hydrogen (secondary N) is 2. The van der Waals surface area contributed by atoms with Crippen molar-refractivity contribution in [1.82, 2.24) is 10.6 Å². The zero-order chi connectivity index (χ0) is 13.8. The second kappa shape index (κ2) is 7.81. The molecule has 0 saturated heterocycles. The smallest absolute Gasteiger partial charge is 0.191 e. The van der Waals surface area contributed by atoms with Crippen LogP contribution < -0.4 is 10.6 Å². The standard InChI is InChI=1S/C15H22FN3.HI/c1-10(2)9-18-15(17-3)19-14-8-12(14)11-6-4-5-7-13(11)16;/h4-7,10,12,14H,8-9H2,1-3H3,(H2,17,18,19);1H. The van der Waals surface area contributed by atoms with Crippen molar-refractivity contribution >= 4 is 29.9 Å². The number of nitrogens with zero attached hydrogens (tertiary/aromatic N) is 1. The second-order valence-electron chi connectivity index (χ2n) is 5.46. The van der Waals surface area contributed by atoms with Gasteiger partial charge >= 0.3 is 0 Å². The van der Waals surface area contributed by atoms with Crippen LogP contribution in [0.1, 0.15) is 31.7 Å². The van der Waals surface area contributed by atoms with E-state index in [1.165, 1.54) is 6.07 Å². The van der Waals surface area contributed by atoms with E-state index in [9.17, 15) is 4.39 Å². The molecule has 1 fully saturated rings. The maximum absolute atomic E-state index is 13.7. The Balaban J connectivity index is 0.00000200. The Labute approximate surface area is 137 Å². The third-order valence-corrected chi connectivity index (χ3v) is 3.32. The maximum atomic E-state index is 13.7. The van der Waals surface area contributed by atoms with Crippen LogP contribution in [0.5, 0.6) is 0 Å². The van der Waals surface area contributed by atoms with Gasteiger partial charge in [0.05, 0.1) is 0 Å². The quantitative estimate of drug-likeness (QED) is 0.470. The van der Waals surface area contributed by atoms with E-state index < -0.39 is 0 Å². The van der Waals surface area contributed by atoms with Gasteiger partial charge in [-0.05, 0) is 24.0 Å². The van der Waals surface area contributed by atoms with Crippen molar-refractivity contribution in [3.63, 3.8) is 0 Å². The highest BCUT2D eigenvalue weighted by molar-refractivity contribution is 14.0. The first-order valence-corrected chi connectivity index (χ1v) is 6.83. The monoisotopic (exact) mass is 391 g/mol. The highest BCUT2D eigenvalue weighted by Crippen LogP contribution is 2.41. The Bertz CT molecular complexity index is 462. The van der Waals surface area contributed by atoms with E-state index in [0.717, 1.165) is 24.5 Å². The molecule has 2 N–H and O–H groups in total. The molecule has 1 aliphatic rings. The summed E-state index contributed by atoms with van der Waals surface area (Å²) in [6, 6.07) is 7.30. The number of aliphatic imine (C=N–C) groups is 1. The fraction of sp³-hybridized carbons (Fsp3) is 0.533. The Morgan fingerprint density at radius 2 is 2.10 bits per heavy atom. The average molecular weight is 391 g/mol. The lowest BCUT2D eigenvalue weighted by atomic mass is 10.1. The number of guanidine groups is 1. The highest BCUT2D eigenvalue weighted by Gasteiger charge is 2.40. The molecule has 5 heteroatoms. The third kappa shape index (κ3) is 4.61. The van der Waals surface area contributed by atoms with Crippen LogP contribution in [0.4, 0.5) is 4.39 Å². The van der Waals surface area contributed by atoms with Gasteiger partial charge in [0.2, 0.25) is 0 Å². The van der Waals surface area contributed by atoms with Crippen molar-refractivity contribution in [3.8, 4) is 0 Å². The molecular formula is C15H23FIN3. The van der Waals surface area contributed by atoms with Gasteiger partial charge in [0, 0.05) is 25.6 Å². The van der Waals surface area contributed by atoms with Crippen molar-refractivity contribution in [1.29, 1.82) is 0 Å². The minimum absolute atomic E-state index is 0. The lowest BCUT2D eigenvalue weighted by Gasteiger charge is -2.13. The summed E-state index contributed by atoms with van der Waals surface area (Å²) in [5.41, 5.74) is 0.805. The van der Waals surface area contributed by atoms with Gasteiger partial charge in [0.25, 0.3) is 0 Å². The summed E-state index contributed by atoms with van der Waals surface area (Å²) in [5.74, 6) is 1.53. The van der Waals surface area contributed by atoms with Crippen molar-refractivity contribution < 1.29 is 4.39 Å². The molecule has 3 nitrogen and oxygen atoms in total. The SMILES string of the molecule is CN=C(NCC(C)C)NC1CC1c1ccccc1F.I. The summed E-state index contributed by atoms with van der Waals surface area (Å²) in [6.45, 7) is 5.19. The predicted molar refractivity (Wildman–Crippen MR) is 92.3 cm³/mol. The van der Waals surface area contributed by atoms with E-state index in [-0.39, 0.29) is 41.8 Å². The zero-order valence-corrected chi connectivity index (χ0v) is 14.5.